The molecule has 1 aliphatic rings. The number of hydrogen-bond donors (Lipinski definition) is 1. The van der Waals surface area contributed by atoms with Crippen molar-refractivity contribution in [2.45, 2.75) is 15.6 Å². The lowest BCUT2D eigenvalue weighted by Crippen LogP contribution is -2.45. The number of nitrogens with zero attached hydrogens (tertiary/aromatic N) is 5. The molecule has 14 heteroatoms. The zero-order valence-electron chi connectivity index (χ0n) is 16.3. The Bertz CT molecular complexity index is 903. The van der Waals surface area contributed by atoms with Gasteiger partial charge in [0.15, 0.2) is 17.3 Å². The molecule has 164 valence electrons. The number of nitrogens with one attached hydrogen (secondary N) is 1. The summed E-state index contributed by atoms with van der Waals surface area (Å²) in [6.07, 6.45) is -3.53. The number of aromatic nitrogens is 3. The van der Waals surface area contributed by atoms with Crippen LogP contribution in [-0.4, -0.2) is 78.9 Å². The summed E-state index contributed by atoms with van der Waals surface area (Å²) in [6.45, 7) is 3.23. The van der Waals surface area contributed by atoms with Crippen molar-refractivity contribution >= 4 is 35.0 Å². The fourth-order valence-electron chi connectivity index (χ4n) is 2.67. The molecule has 9 nitrogen and oxygen atoms in total. The van der Waals surface area contributed by atoms with Gasteiger partial charge in [-0.2, -0.15) is 4.37 Å². The maximum absolute atomic E-state index is 12.8. The molecule has 0 aliphatic carbocycles. The molecule has 3 heterocycles. The first-order chi connectivity index (χ1) is 14.2. The number of rotatable bonds is 6. The van der Waals surface area contributed by atoms with Crippen molar-refractivity contribution in [2.24, 2.45) is 0 Å². The number of carbonyl (C=O) groups is 1. The average molecular weight is 464 g/mol. The van der Waals surface area contributed by atoms with Crippen molar-refractivity contribution in [3.05, 3.63) is 11.9 Å². The minimum Gasteiger partial charge on any atom is -0.478 e. The van der Waals surface area contributed by atoms with Gasteiger partial charge in [-0.05, 0) is 18.6 Å². The molecule has 0 radical (unpaired) electrons. The Morgan fingerprint density at radius 1 is 1.30 bits per heavy atom. The summed E-state index contributed by atoms with van der Waals surface area (Å²) >= 11 is 1.56. The molecule has 0 unspecified atom stereocenters. The number of carbonyl (C=O) groups excluding carboxylic acids is 1. The van der Waals surface area contributed by atoms with Gasteiger partial charge in [-0.25, -0.2) is 9.97 Å². The zero-order chi connectivity index (χ0) is 21.9. The van der Waals surface area contributed by atoms with Crippen molar-refractivity contribution in [1.29, 1.82) is 0 Å². The van der Waals surface area contributed by atoms with Gasteiger partial charge in [0.05, 0.1) is 13.3 Å². The van der Waals surface area contributed by atoms with Gasteiger partial charge in [-0.1, -0.05) is 11.8 Å². The number of methoxy groups -OCH3 is 1. The Balaban J connectivity index is 1.87. The normalized spacial score (nSPS) is 15.2. The highest BCUT2D eigenvalue weighted by atomic mass is 32.2. The molecule has 0 spiro atoms. The van der Waals surface area contributed by atoms with E-state index in [1.165, 1.54) is 20.4 Å². The molecule has 1 saturated heterocycles. The molecule has 0 aromatic carbocycles. The van der Waals surface area contributed by atoms with Crippen LogP contribution in [0.3, 0.4) is 0 Å². The summed E-state index contributed by atoms with van der Waals surface area (Å²) in [5.41, 5.74) is -0.448. The van der Waals surface area contributed by atoms with E-state index in [1.54, 1.807) is 0 Å². The second kappa shape index (κ2) is 9.22. The van der Waals surface area contributed by atoms with E-state index in [0.29, 0.717) is 17.4 Å². The number of amides is 1. The fraction of sp³-hybridized carbons (Fsp3) is 0.500. The number of alkyl halides is 3. The maximum Gasteiger partial charge on any atom is 0.573 e. The number of likely N-dealkylation sites (N-methyl/N-ethyl adjacent to an activating group) is 1. The number of hydrogen-bond acceptors (Lipinski definition) is 10. The summed E-state index contributed by atoms with van der Waals surface area (Å²) in [5, 5.41) is 2.52. The Morgan fingerprint density at radius 3 is 2.60 bits per heavy atom. The smallest absolute Gasteiger partial charge is 0.478 e. The van der Waals surface area contributed by atoms with Crippen LogP contribution in [0.5, 0.6) is 11.6 Å². The first-order valence-electron chi connectivity index (χ1n) is 8.71. The van der Waals surface area contributed by atoms with Gasteiger partial charge in [0.25, 0.3) is 11.8 Å². The fourth-order valence-corrected chi connectivity index (χ4v) is 4.40. The van der Waals surface area contributed by atoms with Gasteiger partial charge < -0.3 is 24.6 Å². The van der Waals surface area contributed by atoms with Crippen LogP contribution >= 0.6 is 23.3 Å². The van der Waals surface area contributed by atoms with Gasteiger partial charge in [0.2, 0.25) is 0 Å². The van der Waals surface area contributed by atoms with Crippen molar-refractivity contribution in [2.75, 3.05) is 52.3 Å². The third-order valence-electron chi connectivity index (χ3n) is 4.17. The lowest BCUT2D eigenvalue weighted by atomic mass is 10.3. The van der Waals surface area contributed by atoms with E-state index in [2.05, 4.69) is 29.3 Å². The van der Waals surface area contributed by atoms with E-state index in [-0.39, 0.29) is 15.1 Å². The van der Waals surface area contributed by atoms with E-state index in [9.17, 15) is 18.0 Å². The van der Waals surface area contributed by atoms with Crippen LogP contribution in [-0.2, 0) is 0 Å². The molecule has 3 rings (SSSR count). The monoisotopic (exact) mass is 464 g/mol. The third kappa shape index (κ3) is 5.23. The van der Waals surface area contributed by atoms with Crippen molar-refractivity contribution in [3.8, 4) is 11.6 Å². The van der Waals surface area contributed by atoms with Crippen LogP contribution in [0.25, 0.3) is 0 Å². The van der Waals surface area contributed by atoms with Gasteiger partial charge in [-0.15, -0.1) is 13.2 Å². The highest BCUT2D eigenvalue weighted by Gasteiger charge is 2.36. The number of ether oxygens (including phenoxy) is 2. The van der Waals surface area contributed by atoms with Crippen LogP contribution in [0.1, 0.15) is 10.5 Å². The molecular weight excluding hydrogens is 445 g/mol. The molecule has 0 atom stereocenters. The minimum atomic E-state index is -4.98. The number of piperazine rings is 1. The van der Waals surface area contributed by atoms with Crippen LogP contribution in [0.2, 0.25) is 0 Å². The molecule has 1 N–H and O–H groups in total. The van der Waals surface area contributed by atoms with E-state index in [0.717, 1.165) is 37.9 Å². The molecule has 1 aliphatic heterocycles. The molecule has 30 heavy (non-hydrogen) atoms. The number of halogens is 3. The Hall–Kier alpha value is -2.32. The highest BCUT2D eigenvalue weighted by molar-refractivity contribution is 8.01. The zero-order valence-corrected chi connectivity index (χ0v) is 17.9. The predicted octanol–water partition coefficient (Wildman–Crippen LogP) is 2.10. The number of anilines is 1. The van der Waals surface area contributed by atoms with Crippen molar-refractivity contribution < 1.29 is 27.4 Å². The third-order valence-corrected chi connectivity index (χ3v) is 6.05. The maximum atomic E-state index is 12.8. The lowest BCUT2D eigenvalue weighted by molar-refractivity contribution is -0.275. The quantitative estimate of drug-likeness (QED) is 0.690. The van der Waals surface area contributed by atoms with E-state index >= 15 is 0 Å². The summed E-state index contributed by atoms with van der Waals surface area (Å²) in [7, 11) is 4.77. The van der Waals surface area contributed by atoms with Crippen LogP contribution in [0.4, 0.5) is 19.0 Å². The molecule has 2 aromatic rings. The van der Waals surface area contributed by atoms with Crippen LogP contribution in [0, 0.1) is 0 Å². The largest absolute Gasteiger partial charge is 0.573 e. The molecule has 0 bridgehead atoms. The van der Waals surface area contributed by atoms with Crippen LogP contribution < -0.4 is 19.7 Å². The van der Waals surface area contributed by atoms with Crippen molar-refractivity contribution in [3.63, 3.8) is 0 Å². The first-order valence-corrected chi connectivity index (χ1v) is 10.3. The Morgan fingerprint density at radius 2 is 2.00 bits per heavy atom. The molecular formula is C16H19F3N6O3S2. The van der Waals surface area contributed by atoms with Gasteiger partial charge >= 0.3 is 6.36 Å². The van der Waals surface area contributed by atoms with E-state index in [4.69, 9.17) is 4.74 Å². The molecule has 0 saturated carbocycles. The summed E-state index contributed by atoms with van der Waals surface area (Å²) < 4.78 is 51.8. The van der Waals surface area contributed by atoms with Crippen molar-refractivity contribution in [1.82, 2.24) is 24.6 Å². The Kier molecular flexibility index (Phi) is 6.88. The summed E-state index contributed by atoms with van der Waals surface area (Å²) in [4.78, 5) is 24.8. The lowest BCUT2D eigenvalue weighted by Gasteiger charge is -2.33. The van der Waals surface area contributed by atoms with Gasteiger partial charge in [-0.3, -0.25) is 4.79 Å². The second-order valence-electron chi connectivity index (χ2n) is 6.21. The molecule has 1 amide bonds. The second-order valence-corrected chi connectivity index (χ2v) is 8.27. The topological polar surface area (TPSA) is 92.7 Å². The summed E-state index contributed by atoms with van der Waals surface area (Å²) in [5.74, 6) is -0.622. The van der Waals surface area contributed by atoms with E-state index in [1.807, 2.05) is 11.9 Å². The molecule has 1 fully saturated rings. The van der Waals surface area contributed by atoms with Gasteiger partial charge in [0, 0.05) is 33.2 Å². The average Bonchev–Trinajstić information content (AvgIpc) is 3.08. The first kappa shape index (κ1) is 22.4. The van der Waals surface area contributed by atoms with Gasteiger partial charge in [0.1, 0.15) is 9.24 Å². The standard InChI is InChI=1S/C16H19F3N6O3S2/c1-20-13(26)10-11(28-16(17,18)19)15(30-23-10)29-9-8-21-12(14(22-9)27-3)25-6-4-24(2)5-7-25/h8H,4-7H2,1-3H3,(H,20,26). The van der Waals surface area contributed by atoms with E-state index < -0.39 is 23.7 Å². The van der Waals surface area contributed by atoms with Crippen LogP contribution in [0.15, 0.2) is 15.4 Å². The summed E-state index contributed by atoms with van der Waals surface area (Å²) in [6, 6.07) is 0. The highest BCUT2D eigenvalue weighted by Crippen LogP contribution is 2.42. The SMILES string of the molecule is CNC(=O)c1nsc(Sc2cnc(N3CCN(C)CC3)c(OC)n2)c1OC(F)(F)F. The predicted molar refractivity (Wildman–Crippen MR) is 105 cm³/mol. The Labute approximate surface area is 178 Å². The minimum absolute atomic E-state index is 0.0228. The molecule has 2 aromatic heterocycles.